The Balaban J connectivity index is 1.78. The van der Waals surface area contributed by atoms with Crippen molar-refractivity contribution in [1.29, 1.82) is 0 Å². The van der Waals surface area contributed by atoms with E-state index in [1.54, 1.807) is 0 Å². The number of hydrogen-bond acceptors (Lipinski definition) is 3. The summed E-state index contributed by atoms with van der Waals surface area (Å²) < 4.78 is 19.9. The van der Waals surface area contributed by atoms with Crippen LogP contribution >= 0.6 is 8.60 Å². The molecule has 0 unspecified atom stereocenters. The van der Waals surface area contributed by atoms with Crippen LogP contribution in [-0.2, 0) is 21.8 Å². The number of hydrogen-bond donors (Lipinski definition) is 0. The zero-order valence-corrected chi connectivity index (χ0v) is 27.4. The number of unbranched alkanes of at least 4 members (excludes halogenated alkanes) is 9. The van der Waals surface area contributed by atoms with Gasteiger partial charge in [-0.2, -0.15) is 0 Å². The van der Waals surface area contributed by atoms with Crippen LogP contribution in [0.25, 0.3) is 0 Å². The van der Waals surface area contributed by atoms with E-state index in [1.807, 2.05) is 0 Å². The average Bonchev–Trinajstić information content (AvgIpc) is 2.82. The van der Waals surface area contributed by atoms with Gasteiger partial charge < -0.3 is 9.05 Å². The van der Waals surface area contributed by atoms with Gasteiger partial charge in [-0.15, -0.1) is 0 Å². The zero-order chi connectivity index (χ0) is 28.6. The van der Waals surface area contributed by atoms with E-state index in [9.17, 15) is 0 Å². The molecule has 0 bridgehead atoms. The van der Waals surface area contributed by atoms with E-state index in [0.29, 0.717) is 6.61 Å². The summed E-state index contributed by atoms with van der Waals surface area (Å²) in [4.78, 5) is 0. The maximum atomic E-state index is 6.72. The summed E-state index contributed by atoms with van der Waals surface area (Å²) in [7, 11) is -1.57. The first-order chi connectivity index (χ1) is 18.4. The Morgan fingerprint density at radius 3 is 1.46 bits per heavy atom. The molecule has 3 nitrogen and oxygen atoms in total. The Hall–Kier alpha value is -1.57. The molecule has 0 atom stereocenters. The largest absolute Gasteiger partial charge is 0.463 e. The lowest BCUT2D eigenvalue weighted by atomic mass is 9.81. The maximum Gasteiger partial charge on any atom is 0.463 e. The Morgan fingerprint density at radius 1 is 0.641 bits per heavy atom. The van der Waals surface area contributed by atoms with Gasteiger partial charge in [0.2, 0.25) is 0 Å². The topological polar surface area (TPSA) is 27.7 Å². The molecule has 1 heterocycles. The minimum atomic E-state index is -1.57. The van der Waals surface area contributed by atoms with Gasteiger partial charge >= 0.3 is 8.60 Å². The van der Waals surface area contributed by atoms with Gasteiger partial charge in [0.1, 0.15) is 11.5 Å². The van der Waals surface area contributed by atoms with E-state index in [0.717, 1.165) is 24.3 Å². The lowest BCUT2D eigenvalue weighted by molar-refractivity contribution is 0.253. The molecule has 0 fully saturated rings. The van der Waals surface area contributed by atoms with Gasteiger partial charge in [-0.05, 0) is 42.2 Å². The first-order valence-electron chi connectivity index (χ1n) is 15.5. The lowest BCUT2D eigenvalue weighted by Gasteiger charge is -2.32. The van der Waals surface area contributed by atoms with Crippen LogP contribution in [0.3, 0.4) is 0 Å². The fourth-order valence-corrected chi connectivity index (χ4v) is 6.59. The monoisotopic (exact) mass is 554 g/mol. The molecule has 0 spiro atoms. The van der Waals surface area contributed by atoms with Crippen molar-refractivity contribution in [1.82, 2.24) is 0 Å². The van der Waals surface area contributed by atoms with Gasteiger partial charge in [0.25, 0.3) is 0 Å². The molecule has 0 saturated heterocycles. The molecular weight excluding hydrogens is 499 g/mol. The van der Waals surface area contributed by atoms with Crippen LogP contribution in [0, 0.1) is 13.8 Å². The van der Waals surface area contributed by atoms with Gasteiger partial charge in [0.05, 0.1) is 6.61 Å². The fourth-order valence-electron chi connectivity index (χ4n) is 5.44. The van der Waals surface area contributed by atoms with Crippen LogP contribution in [0.2, 0.25) is 0 Å². The summed E-state index contributed by atoms with van der Waals surface area (Å²) in [6.45, 7) is 20.9. The van der Waals surface area contributed by atoms with Crippen molar-refractivity contribution in [2.75, 3.05) is 6.61 Å². The molecule has 3 rings (SSSR count). The van der Waals surface area contributed by atoms with Gasteiger partial charge in [-0.25, -0.2) is 0 Å². The molecule has 39 heavy (non-hydrogen) atoms. The third-order valence-corrected chi connectivity index (χ3v) is 8.70. The van der Waals surface area contributed by atoms with Crippen LogP contribution in [0.4, 0.5) is 0 Å². The van der Waals surface area contributed by atoms with Crippen molar-refractivity contribution in [2.24, 2.45) is 0 Å². The summed E-state index contributed by atoms with van der Waals surface area (Å²) >= 11 is 0. The molecule has 0 aliphatic carbocycles. The summed E-state index contributed by atoms with van der Waals surface area (Å²) in [6, 6.07) is 9.12. The van der Waals surface area contributed by atoms with E-state index in [4.69, 9.17) is 13.6 Å². The molecule has 0 radical (unpaired) electrons. The second-order valence-corrected chi connectivity index (χ2v) is 14.8. The smallest absolute Gasteiger partial charge is 0.417 e. The predicted octanol–water partition coefficient (Wildman–Crippen LogP) is 11.4. The second-order valence-electron chi connectivity index (χ2n) is 13.7. The molecule has 2 aromatic carbocycles. The van der Waals surface area contributed by atoms with Crippen molar-refractivity contribution in [3.63, 3.8) is 0 Å². The normalized spacial score (nSPS) is 14.2. The van der Waals surface area contributed by atoms with Gasteiger partial charge in [0.15, 0.2) is 0 Å². The van der Waals surface area contributed by atoms with Crippen LogP contribution < -0.4 is 9.05 Å². The molecule has 0 N–H and O–H groups in total. The van der Waals surface area contributed by atoms with Gasteiger partial charge in [0, 0.05) is 17.5 Å². The Kier molecular flexibility index (Phi) is 11.8. The van der Waals surface area contributed by atoms with E-state index in [1.165, 1.54) is 91.2 Å². The highest BCUT2D eigenvalue weighted by molar-refractivity contribution is 7.42. The minimum absolute atomic E-state index is 0.0428. The first-order valence-corrected chi connectivity index (χ1v) is 16.6. The standard InChI is InChI=1S/C35H55O3P/c1-10-11-12-13-14-15-16-17-18-19-20-36-39-37-32-28(21-26(2)23-30(32)34(4,5)6)25-29-22-27(3)24-31(33(29)38-39)35(7,8)9/h21-24H,10-20,25H2,1-9H3. The Bertz CT molecular complexity index is 990. The SMILES string of the molecule is CCCCCCCCCCCCOP1Oc2c(cc(C)cc2C(C)(C)C)Cc2cc(C)cc(C(C)(C)C)c2O1. The van der Waals surface area contributed by atoms with E-state index < -0.39 is 8.60 Å². The summed E-state index contributed by atoms with van der Waals surface area (Å²) in [5.74, 6) is 1.90. The molecule has 0 aromatic heterocycles. The molecule has 1 aliphatic rings. The van der Waals surface area contributed by atoms with Crippen molar-refractivity contribution in [3.8, 4) is 11.5 Å². The summed E-state index contributed by atoms with van der Waals surface area (Å²) in [5.41, 5.74) is 7.35. The highest BCUT2D eigenvalue weighted by Crippen LogP contribution is 2.52. The van der Waals surface area contributed by atoms with Crippen LogP contribution in [0.15, 0.2) is 24.3 Å². The van der Waals surface area contributed by atoms with Gasteiger partial charge in [-0.3, -0.25) is 4.52 Å². The predicted molar refractivity (Wildman–Crippen MR) is 169 cm³/mol. The number of benzene rings is 2. The molecule has 4 heteroatoms. The highest BCUT2D eigenvalue weighted by atomic mass is 31.2. The van der Waals surface area contributed by atoms with Crippen LogP contribution in [0.1, 0.15) is 146 Å². The third-order valence-electron chi connectivity index (χ3n) is 7.64. The molecule has 218 valence electrons. The molecule has 2 aromatic rings. The van der Waals surface area contributed by atoms with Crippen LogP contribution in [-0.4, -0.2) is 6.61 Å². The number of rotatable bonds is 12. The Labute approximate surface area is 241 Å². The van der Waals surface area contributed by atoms with Crippen molar-refractivity contribution >= 4 is 8.60 Å². The minimum Gasteiger partial charge on any atom is -0.417 e. The average molecular weight is 555 g/mol. The number of aryl methyl sites for hydroxylation is 2. The van der Waals surface area contributed by atoms with Gasteiger partial charge in [-0.1, -0.05) is 142 Å². The zero-order valence-electron chi connectivity index (χ0n) is 26.5. The molecule has 1 aliphatic heterocycles. The van der Waals surface area contributed by atoms with E-state index >= 15 is 0 Å². The quantitative estimate of drug-likeness (QED) is 0.193. The summed E-state index contributed by atoms with van der Waals surface area (Å²) in [5, 5.41) is 0. The second kappa shape index (κ2) is 14.4. The lowest BCUT2D eigenvalue weighted by Crippen LogP contribution is -2.19. The highest BCUT2D eigenvalue weighted by Gasteiger charge is 2.32. The maximum absolute atomic E-state index is 6.72. The third kappa shape index (κ3) is 9.50. The number of fused-ring (bicyclic) bond motifs is 2. The van der Waals surface area contributed by atoms with Crippen molar-refractivity contribution in [3.05, 3.63) is 57.6 Å². The van der Waals surface area contributed by atoms with Crippen molar-refractivity contribution < 1.29 is 13.6 Å². The van der Waals surface area contributed by atoms with E-state index in [2.05, 4.69) is 86.6 Å². The molecule has 0 saturated carbocycles. The fraction of sp³-hybridized carbons (Fsp3) is 0.657. The Morgan fingerprint density at radius 2 is 1.05 bits per heavy atom. The first kappa shape index (κ1) is 32.0. The van der Waals surface area contributed by atoms with Crippen molar-refractivity contribution in [2.45, 2.75) is 144 Å². The van der Waals surface area contributed by atoms with E-state index in [-0.39, 0.29) is 10.8 Å². The van der Waals surface area contributed by atoms with Crippen LogP contribution in [0.5, 0.6) is 11.5 Å². The molecular formula is C35H55O3P. The molecule has 0 amide bonds. The summed E-state index contributed by atoms with van der Waals surface area (Å²) in [6.07, 6.45) is 13.9.